The first kappa shape index (κ1) is 26.3. The summed E-state index contributed by atoms with van der Waals surface area (Å²) in [5.74, 6) is -1.43. The summed E-state index contributed by atoms with van der Waals surface area (Å²) in [6, 6.07) is 0.643. The number of ether oxygens (including phenoxy) is 1. The van der Waals surface area contributed by atoms with Crippen molar-refractivity contribution in [1.29, 1.82) is 5.26 Å². The lowest BCUT2D eigenvalue weighted by Crippen LogP contribution is -2.45. The number of fused-ring (bicyclic) bond motifs is 1. The SMILES string of the molecule is C=C(F)/C(=C\C1C=C(c2cnn3cc(N4CCC(N(CC)CCC)CC4)cnc23)C=CN=C1C)OC#N. The maximum absolute atomic E-state index is 13.8. The maximum atomic E-state index is 13.8. The average Bonchev–Trinajstić information content (AvgIpc) is 3.24. The Balaban J connectivity index is 1.56. The topological polar surface area (TPSA) is 82.1 Å². The standard InChI is InChI=1S/C28H34FN7O/c1-5-11-34(6-2)24-8-12-35(13-9-24)25-16-32-28-26(17-33-36(28)18-25)22-7-10-31-21(4)23(14-22)15-27(20(3)29)37-19-30/h7,10,14-18,23-24H,3,5-6,8-9,11-13H2,1-2,4H3/b27-15+. The fourth-order valence-electron chi connectivity index (χ4n) is 5.04. The highest BCUT2D eigenvalue weighted by atomic mass is 19.1. The number of piperidine rings is 1. The lowest BCUT2D eigenvalue weighted by Gasteiger charge is -2.38. The van der Waals surface area contributed by atoms with E-state index in [2.05, 4.69) is 40.3 Å². The molecule has 194 valence electrons. The van der Waals surface area contributed by atoms with E-state index in [-0.39, 0.29) is 5.76 Å². The van der Waals surface area contributed by atoms with Gasteiger partial charge in [0, 0.05) is 42.5 Å². The van der Waals surface area contributed by atoms with Gasteiger partial charge in [-0.25, -0.2) is 13.9 Å². The third-order valence-electron chi connectivity index (χ3n) is 7.04. The van der Waals surface area contributed by atoms with Crippen LogP contribution >= 0.6 is 0 Å². The van der Waals surface area contributed by atoms with Gasteiger partial charge in [-0.15, -0.1) is 5.26 Å². The van der Waals surface area contributed by atoms with Crippen molar-refractivity contribution in [2.45, 2.75) is 46.1 Å². The molecule has 2 aromatic heterocycles. The van der Waals surface area contributed by atoms with E-state index in [0.717, 1.165) is 67.2 Å². The molecule has 0 radical (unpaired) electrons. The van der Waals surface area contributed by atoms with Gasteiger partial charge in [0.05, 0.1) is 24.3 Å². The number of halogens is 1. The van der Waals surface area contributed by atoms with Gasteiger partial charge in [0.2, 0.25) is 0 Å². The largest absolute Gasteiger partial charge is 0.385 e. The van der Waals surface area contributed by atoms with Crippen LogP contribution in [0.2, 0.25) is 0 Å². The van der Waals surface area contributed by atoms with E-state index in [1.54, 1.807) is 16.9 Å². The van der Waals surface area contributed by atoms with Crippen LogP contribution in [0.1, 0.15) is 45.6 Å². The molecule has 0 saturated carbocycles. The van der Waals surface area contributed by atoms with Crippen LogP contribution < -0.4 is 4.90 Å². The first-order chi connectivity index (χ1) is 17.9. The molecule has 1 fully saturated rings. The third-order valence-corrected chi connectivity index (χ3v) is 7.04. The number of rotatable bonds is 9. The molecule has 0 amide bonds. The summed E-state index contributed by atoms with van der Waals surface area (Å²) < 4.78 is 20.3. The number of nitrogens with zero attached hydrogens (tertiary/aromatic N) is 7. The van der Waals surface area contributed by atoms with Crippen molar-refractivity contribution in [1.82, 2.24) is 19.5 Å². The molecule has 37 heavy (non-hydrogen) atoms. The monoisotopic (exact) mass is 503 g/mol. The van der Waals surface area contributed by atoms with Gasteiger partial charge >= 0.3 is 0 Å². The smallest absolute Gasteiger partial charge is 0.292 e. The molecule has 2 aromatic rings. The number of allylic oxidation sites excluding steroid dienone is 5. The zero-order chi connectivity index (χ0) is 26.4. The van der Waals surface area contributed by atoms with Gasteiger partial charge in [0.25, 0.3) is 6.26 Å². The van der Waals surface area contributed by atoms with Crippen LogP contribution in [0.25, 0.3) is 11.2 Å². The van der Waals surface area contributed by atoms with Crippen molar-refractivity contribution < 1.29 is 9.13 Å². The second-order valence-electron chi connectivity index (χ2n) is 9.35. The zero-order valence-corrected chi connectivity index (χ0v) is 21.8. The van der Waals surface area contributed by atoms with E-state index in [4.69, 9.17) is 15.0 Å². The average molecular weight is 504 g/mol. The van der Waals surface area contributed by atoms with Gasteiger partial charge in [0.15, 0.2) is 17.2 Å². The summed E-state index contributed by atoms with van der Waals surface area (Å²) in [6.07, 6.45) is 17.7. The van der Waals surface area contributed by atoms with E-state index < -0.39 is 11.7 Å². The van der Waals surface area contributed by atoms with Crippen LogP contribution in [-0.2, 0) is 4.74 Å². The molecule has 2 aliphatic heterocycles. The molecule has 1 saturated heterocycles. The van der Waals surface area contributed by atoms with Gasteiger partial charge in [-0.3, -0.25) is 4.99 Å². The fraction of sp³-hybridized carbons (Fsp3) is 0.429. The lowest BCUT2D eigenvalue weighted by molar-refractivity contribution is 0.177. The molecular weight excluding hydrogens is 469 g/mol. The Morgan fingerprint density at radius 2 is 2.11 bits per heavy atom. The van der Waals surface area contributed by atoms with Gasteiger partial charge in [-0.1, -0.05) is 26.5 Å². The number of hydrogen-bond donors (Lipinski definition) is 0. The fourth-order valence-corrected chi connectivity index (χ4v) is 5.04. The first-order valence-electron chi connectivity index (χ1n) is 12.8. The van der Waals surface area contributed by atoms with Crippen molar-refractivity contribution in [3.63, 3.8) is 0 Å². The number of nitriles is 1. The summed E-state index contributed by atoms with van der Waals surface area (Å²) in [6.45, 7) is 13.8. The van der Waals surface area contributed by atoms with E-state index >= 15 is 0 Å². The zero-order valence-electron chi connectivity index (χ0n) is 21.8. The lowest BCUT2D eigenvalue weighted by atomic mass is 9.97. The Labute approximate surface area is 217 Å². The van der Waals surface area contributed by atoms with Crippen LogP contribution in [0.15, 0.2) is 66.2 Å². The maximum Gasteiger partial charge on any atom is 0.292 e. The predicted octanol–water partition coefficient (Wildman–Crippen LogP) is 5.28. The number of anilines is 1. The molecule has 0 N–H and O–H groups in total. The van der Waals surface area contributed by atoms with Crippen LogP contribution in [0.3, 0.4) is 0 Å². The second-order valence-corrected chi connectivity index (χ2v) is 9.35. The number of aromatic nitrogens is 3. The number of aliphatic imine (C=N–C) groups is 1. The Morgan fingerprint density at radius 1 is 1.32 bits per heavy atom. The van der Waals surface area contributed by atoms with Crippen LogP contribution in [0.4, 0.5) is 10.1 Å². The summed E-state index contributed by atoms with van der Waals surface area (Å²) >= 11 is 0. The van der Waals surface area contributed by atoms with E-state index in [9.17, 15) is 4.39 Å². The molecule has 1 atom stereocenters. The molecule has 4 rings (SSSR count). The highest BCUT2D eigenvalue weighted by Gasteiger charge is 2.24. The molecular formula is C28H34FN7O. The molecule has 8 nitrogen and oxygen atoms in total. The van der Waals surface area contributed by atoms with E-state index in [1.807, 2.05) is 31.5 Å². The molecule has 2 aliphatic rings. The molecule has 9 heteroatoms. The quantitative estimate of drug-likeness (QED) is 0.263. The van der Waals surface area contributed by atoms with E-state index in [1.165, 1.54) is 18.8 Å². The Bertz CT molecular complexity index is 1290. The normalized spacial score (nSPS) is 19.0. The van der Waals surface area contributed by atoms with Gasteiger partial charge in [0.1, 0.15) is 0 Å². The van der Waals surface area contributed by atoms with E-state index in [0.29, 0.717) is 6.04 Å². The van der Waals surface area contributed by atoms with Crippen LogP contribution in [0.5, 0.6) is 0 Å². The summed E-state index contributed by atoms with van der Waals surface area (Å²) in [5, 5.41) is 13.4. The third kappa shape index (κ3) is 5.97. The summed E-state index contributed by atoms with van der Waals surface area (Å²) in [7, 11) is 0. The highest BCUT2D eigenvalue weighted by molar-refractivity contribution is 5.93. The Morgan fingerprint density at radius 3 is 2.78 bits per heavy atom. The molecule has 0 aliphatic carbocycles. The van der Waals surface area contributed by atoms with Crippen molar-refractivity contribution >= 4 is 22.6 Å². The molecule has 4 heterocycles. The van der Waals surface area contributed by atoms with Crippen molar-refractivity contribution in [3.05, 3.63) is 66.7 Å². The van der Waals surface area contributed by atoms with Crippen molar-refractivity contribution in [3.8, 4) is 6.26 Å². The second kappa shape index (κ2) is 12.0. The minimum Gasteiger partial charge on any atom is -0.385 e. The van der Waals surface area contributed by atoms with Crippen LogP contribution in [-0.4, -0.2) is 57.4 Å². The summed E-state index contributed by atoms with van der Waals surface area (Å²) in [5.41, 5.74) is 4.19. The first-order valence-corrected chi connectivity index (χ1v) is 12.8. The van der Waals surface area contributed by atoms with Gasteiger partial charge < -0.3 is 14.5 Å². The molecule has 1 unspecified atom stereocenters. The minimum absolute atomic E-state index is 0.220. The van der Waals surface area contributed by atoms with Gasteiger partial charge in [-0.2, -0.15) is 5.10 Å². The predicted molar refractivity (Wildman–Crippen MR) is 145 cm³/mol. The highest BCUT2D eigenvalue weighted by Crippen LogP contribution is 2.28. The molecule has 0 bridgehead atoms. The Hall–Kier alpha value is -3.77. The van der Waals surface area contributed by atoms with Crippen molar-refractivity contribution in [2.24, 2.45) is 10.9 Å². The molecule has 0 spiro atoms. The van der Waals surface area contributed by atoms with Gasteiger partial charge in [-0.05, 0) is 57.0 Å². The number of hydrogen-bond acceptors (Lipinski definition) is 7. The molecule has 0 aromatic carbocycles. The Kier molecular flexibility index (Phi) is 8.51. The van der Waals surface area contributed by atoms with Crippen LogP contribution in [0, 0.1) is 17.4 Å². The minimum atomic E-state index is -0.816. The van der Waals surface area contributed by atoms with Crippen molar-refractivity contribution in [2.75, 3.05) is 31.1 Å². The summed E-state index contributed by atoms with van der Waals surface area (Å²) in [4.78, 5) is 14.2.